The Morgan fingerprint density at radius 1 is 1.50 bits per heavy atom. The van der Waals surface area contributed by atoms with Gasteiger partial charge in [-0.3, -0.25) is 4.99 Å². The molecule has 1 atom stereocenters. The summed E-state index contributed by atoms with van der Waals surface area (Å²) in [6.07, 6.45) is 4.40. The van der Waals surface area contributed by atoms with Crippen LogP contribution in [0.25, 0.3) is 0 Å². The van der Waals surface area contributed by atoms with Gasteiger partial charge in [0.15, 0.2) is 0 Å². The van der Waals surface area contributed by atoms with Crippen molar-refractivity contribution < 1.29 is 0 Å². The Hall–Kier alpha value is 0.0200. The van der Waals surface area contributed by atoms with Crippen molar-refractivity contribution in [2.24, 2.45) is 4.99 Å². The molecule has 1 nitrogen and oxygen atoms in total. The SMILES string of the molecule is CCC1(CC)N=CC(C)S1. The van der Waals surface area contributed by atoms with E-state index in [1.165, 1.54) is 0 Å². The number of hydrogen-bond acceptors (Lipinski definition) is 2. The molecule has 2 heteroatoms. The van der Waals surface area contributed by atoms with Gasteiger partial charge < -0.3 is 0 Å². The van der Waals surface area contributed by atoms with Crippen molar-refractivity contribution in [2.45, 2.75) is 43.7 Å². The third kappa shape index (κ3) is 1.36. The van der Waals surface area contributed by atoms with Crippen LogP contribution in [-0.2, 0) is 0 Å². The highest BCUT2D eigenvalue weighted by Gasteiger charge is 2.31. The van der Waals surface area contributed by atoms with E-state index >= 15 is 0 Å². The molecule has 1 heterocycles. The van der Waals surface area contributed by atoms with Gasteiger partial charge in [-0.1, -0.05) is 13.8 Å². The lowest BCUT2D eigenvalue weighted by Gasteiger charge is -2.22. The molecule has 58 valence electrons. The molecule has 0 aromatic heterocycles. The fourth-order valence-electron chi connectivity index (χ4n) is 1.25. The zero-order valence-electron chi connectivity index (χ0n) is 6.92. The molecule has 1 rings (SSSR count). The van der Waals surface area contributed by atoms with Crippen molar-refractivity contribution in [1.29, 1.82) is 0 Å². The molecule has 0 amide bonds. The maximum Gasteiger partial charge on any atom is 0.105 e. The second-order valence-electron chi connectivity index (χ2n) is 2.75. The van der Waals surface area contributed by atoms with E-state index in [-0.39, 0.29) is 4.87 Å². The second-order valence-corrected chi connectivity index (χ2v) is 4.49. The summed E-state index contributed by atoms with van der Waals surface area (Å²) in [5, 5.41) is 0.625. The first-order valence-electron chi connectivity index (χ1n) is 3.95. The number of thioether (sulfide) groups is 1. The molecule has 1 aliphatic heterocycles. The first kappa shape index (κ1) is 8.12. The largest absolute Gasteiger partial charge is 0.279 e. The second kappa shape index (κ2) is 2.95. The monoisotopic (exact) mass is 157 g/mol. The smallest absolute Gasteiger partial charge is 0.105 e. The van der Waals surface area contributed by atoms with Crippen molar-refractivity contribution in [3.05, 3.63) is 0 Å². The Balaban J connectivity index is 2.61. The number of aliphatic imine (C=N–C) groups is 1. The fraction of sp³-hybridized carbons (Fsp3) is 0.875. The van der Waals surface area contributed by atoms with Gasteiger partial charge in [-0.2, -0.15) is 0 Å². The van der Waals surface area contributed by atoms with Crippen LogP contribution in [0.15, 0.2) is 4.99 Å². The number of nitrogens with zero attached hydrogens (tertiary/aromatic N) is 1. The van der Waals surface area contributed by atoms with Crippen LogP contribution in [0.1, 0.15) is 33.6 Å². The fourth-order valence-corrected chi connectivity index (χ4v) is 2.52. The zero-order chi connectivity index (χ0) is 7.61. The van der Waals surface area contributed by atoms with Gasteiger partial charge in [0, 0.05) is 11.5 Å². The van der Waals surface area contributed by atoms with Crippen molar-refractivity contribution in [3.8, 4) is 0 Å². The van der Waals surface area contributed by atoms with Gasteiger partial charge >= 0.3 is 0 Å². The summed E-state index contributed by atoms with van der Waals surface area (Å²) in [6.45, 7) is 6.64. The van der Waals surface area contributed by atoms with Crippen LogP contribution < -0.4 is 0 Å². The lowest BCUT2D eigenvalue weighted by Crippen LogP contribution is -2.16. The van der Waals surface area contributed by atoms with Crippen molar-refractivity contribution in [2.75, 3.05) is 0 Å². The van der Waals surface area contributed by atoms with E-state index in [2.05, 4.69) is 32.0 Å². The van der Waals surface area contributed by atoms with Gasteiger partial charge in [0.2, 0.25) is 0 Å². The average Bonchev–Trinajstić information content (AvgIpc) is 2.33. The van der Waals surface area contributed by atoms with E-state index < -0.39 is 0 Å². The molecule has 0 aromatic rings. The molecular formula is C8H15NS. The Morgan fingerprint density at radius 2 is 2.10 bits per heavy atom. The molecule has 0 fully saturated rings. The van der Waals surface area contributed by atoms with Gasteiger partial charge in [-0.25, -0.2) is 0 Å². The zero-order valence-corrected chi connectivity index (χ0v) is 7.74. The van der Waals surface area contributed by atoms with Gasteiger partial charge in [-0.05, 0) is 19.8 Å². The van der Waals surface area contributed by atoms with E-state index in [9.17, 15) is 0 Å². The van der Waals surface area contributed by atoms with Crippen LogP contribution in [0.2, 0.25) is 0 Å². The summed E-state index contributed by atoms with van der Waals surface area (Å²) >= 11 is 1.99. The molecular weight excluding hydrogens is 142 g/mol. The summed E-state index contributed by atoms with van der Waals surface area (Å²) < 4.78 is 0. The predicted octanol–water partition coefficient (Wildman–Crippen LogP) is 2.71. The van der Waals surface area contributed by atoms with Crippen LogP contribution in [0.3, 0.4) is 0 Å². The molecule has 0 saturated carbocycles. The molecule has 0 aliphatic carbocycles. The number of hydrogen-bond donors (Lipinski definition) is 0. The lowest BCUT2D eigenvalue weighted by molar-refractivity contribution is 0.583. The quantitative estimate of drug-likeness (QED) is 0.600. The summed E-state index contributed by atoms with van der Waals surface area (Å²) in [4.78, 5) is 4.76. The van der Waals surface area contributed by atoms with Crippen molar-refractivity contribution >= 4 is 18.0 Å². The molecule has 1 unspecified atom stereocenters. The first-order chi connectivity index (χ1) is 4.72. The molecule has 10 heavy (non-hydrogen) atoms. The van der Waals surface area contributed by atoms with Gasteiger partial charge in [0.05, 0.1) is 0 Å². The van der Waals surface area contributed by atoms with Crippen molar-refractivity contribution in [3.63, 3.8) is 0 Å². The number of rotatable bonds is 2. The Bertz CT molecular complexity index is 138. The van der Waals surface area contributed by atoms with E-state index in [0.717, 1.165) is 12.8 Å². The third-order valence-electron chi connectivity index (χ3n) is 2.03. The molecule has 1 aliphatic rings. The Kier molecular flexibility index (Phi) is 2.40. The minimum atomic E-state index is 0.236. The van der Waals surface area contributed by atoms with E-state index in [1.807, 2.05) is 11.8 Å². The first-order valence-corrected chi connectivity index (χ1v) is 4.83. The van der Waals surface area contributed by atoms with Crippen LogP contribution in [0.4, 0.5) is 0 Å². The highest BCUT2D eigenvalue weighted by molar-refractivity contribution is 8.02. The van der Waals surface area contributed by atoms with E-state index in [0.29, 0.717) is 5.25 Å². The summed E-state index contributed by atoms with van der Waals surface area (Å²) in [7, 11) is 0. The van der Waals surface area contributed by atoms with Crippen molar-refractivity contribution in [1.82, 2.24) is 0 Å². The Labute approximate surface area is 67.3 Å². The summed E-state index contributed by atoms with van der Waals surface area (Å²) in [5.74, 6) is 0. The van der Waals surface area contributed by atoms with Crippen LogP contribution in [0, 0.1) is 0 Å². The summed E-state index contributed by atoms with van der Waals surface area (Å²) in [5.41, 5.74) is 0. The van der Waals surface area contributed by atoms with E-state index in [4.69, 9.17) is 0 Å². The predicted molar refractivity (Wildman–Crippen MR) is 48.9 cm³/mol. The normalized spacial score (nSPS) is 29.3. The maximum atomic E-state index is 4.52. The third-order valence-corrected chi connectivity index (χ3v) is 3.64. The van der Waals surface area contributed by atoms with Crippen LogP contribution in [0.5, 0.6) is 0 Å². The van der Waals surface area contributed by atoms with Gasteiger partial charge in [0.1, 0.15) is 4.87 Å². The topological polar surface area (TPSA) is 12.4 Å². The lowest BCUT2D eigenvalue weighted by atomic mass is 10.2. The molecule has 0 spiro atoms. The summed E-state index contributed by atoms with van der Waals surface area (Å²) in [6, 6.07) is 0. The van der Waals surface area contributed by atoms with Gasteiger partial charge in [0.25, 0.3) is 0 Å². The highest BCUT2D eigenvalue weighted by atomic mass is 32.2. The minimum Gasteiger partial charge on any atom is -0.279 e. The molecule has 0 radical (unpaired) electrons. The van der Waals surface area contributed by atoms with E-state index in [1.54, 1.807) is 0 Å². The maximum absolute atomic E-state index is 4.52. The molecule has 0 aromatic carbocycles. The van der Waals surface area contributed by atoms with Gasteiger partial charge in [-0.15, -0.1) is 11.8 Å². The van der Waals surface area contributed by atoms with Crippen LogP contribution >= 0.6 is 11.8 Å². The molecule has 0 bridgehead atoms. The molecule has 0 saturated heterocycles. The average molecular weight is 157 g/mol. The van der Waals surface area contributed by atoms with Crippen LogP contribution in [-0.4, -0.2) is 16.3 Å². The Morgan fingerprint density at radius 3 is 2.30 bits per heavy atom. The highest BCUT2D eigenvalue weighted by Crippen LogP contribution is 2.40. The minimum absolute atomic E-state index is 0.236. The standard InChI is InChI=1S/C8H15NS/c1-4-8(5-2)9-6-7(3)10-8/h6-7H,4-5H2,1-3H3. The molecule has 0 N–H and O–H groups in total.